The fraction of sp³-hybridized carbons (Fsp3) is 0.222. The van der Waals surface area contributed by atoms with E-state index in [1.165, 1.54) is 16.7 Å². The van der Waals surface area contributed by atoms with E-state index >= 15 is 0 Å². The minimum absolute atomic E-state index is 0.227. The lowest BCUT2D eigenvalue weighted by Crippen LogP contribution is -2.45. The number of rotatable bonds is 5. The zero-order valence-electron chi connectivity index (χ0n) is 13.2. The first-order chi connectivity index (χ1) is 12.1. The summed E-state index contributed by atoms with van der Waals surface area (Å²) in [6.07, 6.45) is 0. The van der Waals surface area contributed by atoms with Gasteiger partial charge in [-0.1, -0.05) is 48.0 Å². The largest absolute Gasteiger partial charge is 0.484 e. The smallest absolute Gasteiger partial charge is 0.327 e. The van der Waals surface area contributed by atoms with Crippen molar-refractivity contribution >= 4 is 35.2 Å². The number of carboxylic acid groups (broad SMARTS) is 1. The van der Waals surface area contributed by atoms with Gasteiger partial charge in [0, 0.05) is 16.3 Å². The third-order valence-electron chi connectivity index (χ3n) is 3.85. The van der Waals surface area contributed by atoms with E-state index in [2.05, 4.69) is 0 Å². The Bertz CT molecular complexity index is 771. The Hall–Kier alpha value is -2.18. The second kappa shape index (κ2) is 7.80. The summed E-state index contributed by atoms with van der Waals surface area (Å²) in [6.45, 7) is -0.227. The predicted molar refractivity (Wildman–Crippen MR) is 96.9 cm³/mol. The first-order valence-electron chi connectivity index (χ1n) is 7.66. The molecule has 2 aromatic carbocycles. The van der Waals surface area contributed by atoms with E-state index in [1.807, 2.05) is 18.2 Å². The Morgan fingerprint density at radius 2 is 1.84 bits per heavy atom. The Labute approximate surface area is 154 Å². The molecule has 1 aliphatic heterocycles. The van der Waals surface area contributed by atoms with Crippen molar-refractivity contribution in [2.75, 3.05) is 12.4 Å². The number of para-hydroxylation sites is 1. The summed E-state index contributed by atoms with van der Waals surface area (Å²) in [5.74, 6) is -0.548. The molecule has 0 aliphatic carbocycles. The van der Waals surface area contributed by atoms with Crippen molar-refractivity contribution in [3.8, 4) is 5.75 Å². The van der Waals surface area contributed by atoms with Gasteiger partial charge in [-0.05, 0) is 18.2 Å². The molecule has 2 atom stereocenters. The molecule has 1 saturated heterocycles. The van der Waals surface area contributed by atoms with Crippen LogP contribution in [-0.2, 0) is 9.59 Å². The van der Waals surface area contributed by atoms with Crippen LogP contribution in [0.15, 0.2) is 54.6 Å². The molecule has 0 aromatic heterocycles. The highest BCUT2D eigenvalue weighted by Gasteiger charge is 2.43. The van der Waals surface area contributed by atoms with Gasteiger partial charge in [-0.2, -0.15) is 0 Å². The van der Waals surface area contributed by atoms with Crippen molar-refractivity contribution in [3.05, 3.63) is 65.2 Å². The molecule has 0 radical (unpaired) electrons. The van der Waals surface area contributed by atoms with Crippen LogP contribution in [0.25, 0.3) is 0 Å². The Kier molecular flexibility index (Phi) is 5.50. The molecule has 1 N–H and O–H groups in total. The number of amides is 1. The Morgan fingerprint density at radius 1 is 1.16 bits per heavy atom. The van der Waals surface area contributed by atoms with Gasteiger partial charge in [0.25, 0.3) is 5.91 Å². The van der Waals surface area contributed by atoms with Gasteiger partial charge < -0.3 is 14.7 Å². The van der Waals surface area contributed by atoms with Crippen molar-refractivity contribution in [2.24, 2.45) is 0 Å². The number of thioether (sulfide) groups is 1. The number of halogens is 1. The molecule has 7 heteroatoms. The summed E-state index contributed by atoms with van der Waals surface area (Å²) in [6, 6.07) is 15.2. The molecule has 1 fully saturated rings. The van der Waals surface area contributed by atoms with Gasteiger partial charge in [0.1, 0.15) is 17.2 Å². The normalized spacial score (nSPS) is 19.6. The highest BCUT2D eigenvalue weighted by Crippen LogP contribution is 2.43. The zero-order chi connectivity index (χ0) is 17.8. The summed E-state index contributed by atoms with van der Waals surface area (Å²) in [5.41, 5.74) is 0.728. The number of carboxylic acids is 1. The van der Waals surface area contributed by atoms with E-state index in [0.29, 0.717) is 16.5 Å². The summed E-state index contributed by atoms with van der Waals surface area (Å²) < 4.78 is 5.50. The molecule has 2 aromatic rings. The number of aliphatic carboxylic acids is 1. The SMILES string of the molecule is O=C(O)C1CSC(c2ccccc2Cl)N1C(=O)COc1ccccc1. The molecule has 0 bridgehead atoms. The van der Waals surface area contributed by atoms with Crippen molar-refractivity contribution in [2.45, 2.75) is 11.4 Å². The number of ether oxygens (including phenoxy) is 1. The average molecular weight is 378 g/mol. The fourth-order valence-electron chi connectivity index (χ4n) is 2.65. The monoisotopic (exact) mass is 377 g/mol. The summed E-state index contributed by atoms with van der Waals surface area (Å²) in [7, 11) is 0. The molecular weight excluding hydrogens is 362 g/mol. The number of carbonyl (C=O) groups is 2. The quantitative estimate of drug-likeness (QED) is 0.864. The van der Waals surface area contributed by atoms with Crippen LogP contribution in [0.1, 0.15) is 10.9 Å². The fourth-order valence-corrected chi connectivity index (χ4v) is 4.43. The molecular formula is C18H16ClNO4S. The van der Waals surface area contributed by atoms with Gasteiger partial charge in [0.05, 0.1) is 0 Å². The van der Waals surface area contributed by atoms with Gasteiger partial charge in [-0.25, -0.2) is 4.79 Å². The first kappa shape index (κ1) is 17.6. The molecule has 130 valence electrons. The lowest BCUT2D eigenvalue weighted by molar-refractivity contribution is -0.150. The van der Waals surface area contributed by atoms with Crippen molar-refractivity contribution in [1.82, 2.24) is 4.90 Å². The van der Waals surface area contributed by atoms with Gasteiger partial charge in [0.2, 0.25) is 0 Å². The van der Waals surface area contributed by atoms with Gasteiger partial charge in [0.15, 0.2) is 6.61 Å². The molecule has 1 amide bonds. The van der Waals surface area contributed by atoms with Crippen LogP contribution in [0.4, 0.5) is 0 Å². The minimum atomic E-state index is -1.03. The maximum atomic E-state index is 12.7. The summed E-state index contributed by atoms with van der Waals surface area (Å²) in [5, 5.41) is 9.54. The maximum absolute atomic E-state index is 12.7. The molecule has 3 rings (SSSR count). The molecule has 5 nitrogen and oxygen atoms in total. The second-order valence-electron chi connectivity index (χ2n) is 5.46. The summed E-state index contributed by atoms with van der Waals surface area (Å²) >= 11 is 7.63. The van der Waals surface area contributed by atoms with E-state index in [9.17, 15) is 14.7 Å². The second-order valence-corrected chi connectivity index (χ2v) is 6.98. The number of carbonyl (C=O) groups excluding carboxylic acids is 1. The van der Waals surface area contributed by atoms with Crippen LogP contribution in [0.2, 0.25) is 5.02 Å². The van der Waals surface area contributed by atoms with Crippen molar-refractivity contribution in [1.29, 1.82) is 0 Å². The molecule has 25 heavy (non-hydrogen) atoms. The van der Waals surface area contributed by atoms with Crippen molar-refractivity contribution in [3.63, 3.8) is 0 Å². The molecule has 0 spiro atoms. The summed E-state index contributed by atoms with van der Waals surface area (Å²) in [4.78, 5) is 25.6. The standard InChI is InChI=1S/C18H16ClNO4S/c19-14-9-5-4-8-13(14)17-20(15(11-25-17)18(22)23)16(21)10-24-12-6-2-1-3-7-12/h1-9,15,17H,10-11H2,(H,22,23). The number of hydrogen-bond acceptors (Lipinski definition) is 4. The van der Waals surface area contributed by atoms with E-state index in [1.54, 1.807) is 36.4 Å². The molecule has 1 heterocycles. The number of nitrogens with zero attached hydrogens (tertiary/aromatic N) is 1. The van der Waals surface area contributed by atoms with E-state index in [4.69, 9.17) is 16.3 Å². The number of hydrogen-bond donors (Lipinski definition) is 1. The van der Waals surface area contributed by atoms with E-state index in [-0.39, 0.29) is 12.5 Å². The van der Waals surface area contributed by atoms with Gasteiger partial charge >= 0.3 is 5.97 Å². The van der Waals surface area contributed by atoms with Crippen LogP contribution < -0.4 is 4.74 Å². The first-order valence-corrected chi connectivity index (χ1v) is 9.08. The third kappa shape index (κ3) is 3.91. The van der Waals surface area contributed by atoms with Gasteiger partial charge in [-0.3, -0.25) is 4.79 Å². The molecule has 0 saturated carbocycles. The topological polar surface area (TPSA) is 66.8 Å². The van der Waals surface area contributed by atoms with Crippen LogP contribution in [0, 0.1) is 0 Å². The average Bonchev–Trinajstić information content (AvgIpc) is 3.06. The molecule has 2 unspecified atom stereocenters. The molecule has 1 aliphatic rings. The Morgan fingerprint density at radius 3 is 2.52 bits per heavy atom. The van der Waals surface area contributed by atoms with Crippen LogP contribution >= 0.6 is 23.4 Å². The maximum Gasteiger partial charge on any atom is 0.327 e. The Balaban J connectivity index is 1.81. The predicted octanol–water partition coefficient (Wildman–Crippen LogP) is 3.45. The van der Waals surface area contributed by atoms with Crippen LogP contribution in [0.5, 0.6) is 5.75 Å². The van der Waals surface area contributed by atoms with E-state index in [0.717, 1.165) is 5.56 Å². The minimum Gasteiger partial charge on any atom is -0.484 e. The highest BCUT2D eigenvalue weighted by molar-refractivity contribution is 7.99. The van der Waals surface area contributed by atoms with Crippen LogP contribution in [0.3, 0.4) is 0 Å². The van der Waals surface area contributed by atoms with E-state index < -0.39 is 17.4 Å². The van der Waals surface area contributed by atoms with Crippen LogP contribution in [-0.4, -0.2) is 40.3 Å². The van der Waals surface area contributed by atoms with Gasteiger partial charge in [-0.15, -0.1) is 11.8 Å². The lowest BCUT2D eigenvalue weighted by Gasteiger charge is -2.28. The highest BCUT2D eigenvalue weighted by atomic mass is 35.5. The third-order valence-corrected chi connectivity index (χ3v) is 5.50. The lowest BCUT2D eigenvalue weighted by atomic mass is 10.1. The number of benzene rings is 2. The zero-order valence-corrected chi connectivity index (χ0v) is 14.7. The van der Waals surface area contributed by atoms with Crippen molar-refractivity contribution < 1.29 is 19.4 Å².